The number of quaternary nitrogens is 1. The Morgan fingerprint density at radius 1 is 0.430 bits per heavy atom. The summed E-state index contributed by atoms with van der Waals surface area (Å²) in [5.41, 5.74) is 24.2. The molecule has 9 heterocycles. The van der Waals surface area contributed by atoms with E-state index in [4.69, 9.17) is 24.1 Å². The van der Waals surface area contributed by atoms with Crippen molar-refractivity contribution in [1.82, 2.24) is 78.9 Å². The number of tetrazole rings is 1. The number of rotatable bonds is 19. The highest BCUT2D eigenvalue weighted by Gasteiger charge is 2.26. The minimum absolute atomic E-state index is 0.0166. The second kappa shape index (κ2) is 54.5. The first-order chi connectivity index (χ1) is 70.0. The number of H-pyrrole nitrogens is 1. The number of aliphatic hydroxyl groups excluding tert-OH is 1. The molecule has 7 aromatic heterocycles. The minimum atomic E-state index is -0.144. The maximum Gasteiger partial charge on any atom is 0.213 e. The summed E-state index contributed by atoms with van der Waals surface area (Å²) < 4.78 is 29.7. The number of hydrogen-bond donors (Lipinski definition) is 2. The van der Waals surface area contributed by atoms with E-state index in [1.54, 1.807) is 19.8 Å². The molecule has 2 aliphatic heterocycles. The molecule has 23 heteroatoms. The number of hydroxylamine groups is 3. The number of aliphatic hydroxyl groups is 1. The summed E-state index contributed by atoms with van der Waals surface area (Å²) in [6, 6.07) is 74.7. The highest BCUT2D eigenvalue weighted by atomic mass is 16.6. The maximum atomic E-state index is 12.4. The molecule has 0 saturated carbocycles. The smallest absolute Gasteiger partial charge is 0.213 e. The van der Waals surface area contributed by atoms with E-state index in [2.05, 4.69) is 439 Å². The second-order valence-electron chi connectivity index (χ2n) is 47.9. The number of aromatic nitrogens is 15. The molecule has 23 nitrogen and oxygen atoms in total. The van der Waals surface area contributed by atoms with Gasteiger partial charge in [-0.2, -0.15) is 10.3 Å². The Bertz CT molecular complexity index is 6340. The molecule has 0 radical (unpaired) electrons. The molecule has 0 bridgehead atoms. The van der Waals surface area contributed by atoms with Gasteiger partial charge in [0.25, 0.3) is 0 Å². The number of likely N-dealkylation sites (tertiary alicyclic amines) is 1. The third kappa shape index (κ3) is 40.5. The Morgan fingerprint density at radius 3 is 1.33 bits per heavy atom. The summed E-state index contributed by atoms with van der Waals surface area (Å²) in [7, 11) is 1.70. The van der Waals surface area contributed by atoms with Gasteiger partial charge in [0.2, 0.25) is 11.7 Å². The van der Waals surface area contributed by atoms with Crippen LogP contribution in [0.2, 0.25) is 0 Å². The first-order valence-electron chi connectivity index (χ1n) is 52.6. The monoisotopic (exact) mass is 2020 g/mol. The van der Waals surface area contributed by atoms with Crippen molar-refractivity contribution in [1.29, 1.82) is 0 Å². The van der Waals surface area contributed by atoms with E-state index < -0.39 is 0 Å². The minimum Gasteiger partial charge on any atom is -0.632 e. The van der Waals surface area contributed by atoms with E-state index in [0.717, 1.165) is 78.3 Å². The molecule has 0 atom stereocenters. The average molecular weight is 2020 g/mol. The fraction of sp³-hybridized carbons (Fsp3) is 0.444. The van der Waals surface area contributed by atoms with Crippen LogP contribution in [-0.4, -0.2) is 162 Å². The summed E-state index contributed by atoms with van der Waals surface area (Å²) in [5.74, 6) is 4.96. The molecule has 17 rings (SSSR count). The third-order valence-corrected chi connectivity index (χ3v) is 26.0. The topological polar surface area (TPSA) is 248 Å². The lowest BCUT2D eigenvalue weighted by atomic mass is 9.86. The van der Waals surface area contributed by atoms with Gasteiger partial charge in [0.05, 0.1) is 45.5 Å². The number of benzene rings is 8. The van der Waals surface area contributed by atoms with Crippen molar-refractivity contribution in [3.63, 3.8) is 0 Å². The van der Waals surface area contributed by atoms with Crippen LogP contribution in [0.3, 0.4) is 0 Å². The van der Waals surface area contributed by atoms with Gasteiger partial charge in [0.15, 0.2) is 11.5 Å². The first-order valence-corrected chi connectivity index (χ1v) is 52.6. The second-order valence-corrected chi connectivity index (χ2v) is 47.9. The fourth-order valence-corrected chi connectivity index (χ4v) is 16.1. The maximum absolute atomic E-state index is 12.4. The quantitative estimate of drug-likeness (QED) is 0.0564. The van der Waals surface area contributed by atoms with E-state index in [9.17, 15) is 5.21 Å². The molecule has 798 valence electrons. The van der Waals surface area contributed by atoms with E-state index in [1.165, 1.54) is 104 Å². The summed E-state index contributed by atoms with van der Waals surface area (Å²) in [5, 5.41) is 39.0. The number of aromatic amines is 1. The Balaban J connectivity index is 0.000000186. The number of pyridine rings is 2. The number of nitrogens with one attached hydrogen (secondary N) is 1. The average Bonchev–Trinajstić information content (AvgIpc) is 1.63. The van der Waals surface area contributed by atoms with Gasteiger partial charge in [-0.1, -0.05) is 339 Å². The predicted molar refractivity (Wildman–Crippen MR) is 611 cm³/mol. The standard InChI is InChI=1S/C17H27NO2.C16H19N.C15H20N2.C15H23NO2.2C14H18N2.C13H17N3.C11H14N4.C11H17NO2/c1-17(2,3)14-7-8-15(16(13-14)19-4)20-12-11-18-9-5-6-10-18;1-16(2,3)15-6-4-13(5-7-15)12-14-8-10-17-11-9-14;1-12-16-9-10-17(12)11-13-5-7-14(8-6-13)15(2,3)4;1-15(2,3)14-6-4-13(5-7-14)12-16(17)8-10-18-11-9-16;1-11-9-16(10-15-11)13-7-5-12(6-8-13)14(2,3)4;1-11-15-9-10-16(11)13-7-5-12(6-8-13)14(2,3)4;1-13(2,3)12-6-4-11(5-7-12)8-16-10-14-9-15-16;1-11(2,3)9-6-4-5-8(7-9)10-12-14-15-13-10;1-11(2,3)9-4-5-10(12-8-9)14-7-6-13/h7-8,13H,5-6,9-12H2,1-4H3;4-11H,12H2,1-3H3;5-10H,11H2,1-4H3;4-7H,8-12H2,1-3H3;2*5-10H,1-4H3;4-7,9-10H,8H2,1-3H3;4-7H,1-3H3,(H,12,13,14,15);4-5,8,13H,6-7H2,1-3H3. The van der Waals surface area contributed by atoms with Crippen molar-refractivity contribution in [2.24, 2.45) is 0 Å². The van der Waals surface area contributed by atoms with Crippen LogP contribution in [0.1, 0.15) is 295 Å². The fourth-order valence-electron chi connectivity index (χ4n) is 16.1. The Morgan fingerprint density at radius 2 is 0.893 bits per heavy atom. The third-order valence-electron chi connectivity index (χ3n) is 26.0. The SMILES string of the molecule is CC(C)(C)c1ccc(C[N+]2([O-])CCOCC2)cc1.CC(C)(C)c1ccc(Cc2ccncc2)cc1.CC(C)(C)c1ccc(Cn2cncn2)cc1.CC(C)(C)c1ccc(OCCO)nc1.CC(C)(C)c1cccc(-c2nn[nH]n2)c1.COc1cc(C(C)(C)C)ccc1OCCN1CCCC1.Cc1cn(-c2ccc(C(C)(C)C)cc2)cn1.Cc1nccn1-c1ccc(C(C)(C)C)cc1.Cc1nccn1Cc1ccc(C(C)(C)C)cc1. The molecule has 0 unspecified atom stereocenters. The lowest BCUT2D eigenvalue weighted by Gasteiger charge is -2.45. The zero-order valence-electron chi connectivity index (χ0n) is 95.5. The van der Waals surface area contributed by atoms with Gasteiger partial charge in [0.1, 0.15) is 57.2 Å². The van der Waals surface area contributed by atoms with Crippen molar-refractivity contribution in [2.45, 2.75) is 295 Å². The highest BCUT2D eigenvalue weighted by molar-refractivity contribution is 5.56. The Labute approximate surface area is 891 Å². The van der Waals surface area contributed by atoms with Crippen LogP contribution in [0.5, 0.6) is 17.4 Å². The summed E-state index contributed by atoms with van der Waals surface area (Å²) in [6.07, 6.45) is 24.0. The Kier molecular flexibility index (Phi) is 43.8. The molecule has 0 aliphatic carbocycles. The number of methoxy groups -OCH3 is 1. The van der Waals surface area contributed by atoms with Crippen molar-refractivity contribution in [3.05, 3.63) is 381 Å². The summed E-state index contributed by atoms with van der Waals surface area (Å²) in [6.45, 7) is 74.7. The van der Waals surface area contributed by atoms with Gasteiger partial charge >= 0.3 is 0 Å². The van der Waals surface area contributed by atoms with Crippen LogP contribution < -0.4 is 14.2 Å². The van der Waals surface area contributed by atoms with Gasteiger partial charge in [0, 0.05) is 91.2 Å². The molecule has 2 N–H and O–H groups in total. The van der Waals surface area contributed by atoms with Gasteiger partial charge in [-0.25, -0.2) is 29.6 Å². The van der Waals surface area contributed by atoms with Gasteiger partial charge < -0.3 is 47.6 Å². The number of nitrogens with zero attached hydrogens (tertiary/aromatic N) is 16. The van der Waals surface area contributed by atoms with Crippen LogP contribution in [0.15, 0.2) is 281 Å². The molecule has 2 aliphatic rings. The van der Waals surface area contributed by atoms with Crippen LogP contribution in [0.25, 0.3) is 22.8 Å². The van der Waals surface area contributed by atoms with Crippen LogP contribution in [0.4, 0.5) is 0 Å². The molecule has 15 aromatic rings. The molecule has 2 saturated heterocycles. The van der Waals surface area contributed by atoms with Crippen LogP contribution >= 0.6 is 0 Å². The number of ether oxygens (including phenoxy) is 4. The number of aryl methyl sites for hydroxylation is 3. The van der Waals surface area contributed by atoms with E-state index >= 15 is 0 Å². The van der Waals surface area contributed by atoms with Crippen molar-refractivity contribution >= 4 is 0 Å². The molecule has 0 spiro atoms. The molecular weight excluding hydrogens is 1850 g/mol. The molecular formula is C126H173N17O6. The Hall–Kier alpha value is -12.9. The van der Waals surface area contributed by atoms with E-state index in [1.807, 2.05) is 116 Å². The zero-order valence-corrected chi connectivity index (χ0v) is 95.5. The van der Waals surface area contributed by atoms with Gasteiger partial charge in [-0.15, -0.1) is 10.2 Å². The number of imidazole rings is 3. The lowest BCUT2D eigenvalue weighted by molar-refractivity contribution is -0.901. The van der Waals surface area contributed by atoms with Crippen molar-refractivity contribution < 1.29 is 28.7 Å². The summed E-state index contributed by atoms with van der Waals surface area (Å²) in [4.78, 5) is 27.3. The van der Waals surface area contributed by atoms with Crippen molar-refractivity contribution in [2.75, 3.05) is 72.9 Å². The predicted octanol–water partition coefficient (Wildman–Crippen LogP) is 27.3. The largest absolute Gasteiger partial charge is 0.632 e. The lowest BCUT2D eigenvalue weighted by Crippen LogP contribution is -2.49. The molecule has 8 aromatic carbocycles. The summed E-state index contributed by atoms with van der Waals surface area (Å²) >= 11 is 0. The van der Waals surface area contributed by atoms with Gasteiger partial charge in [-0.3, -0.25) is 9.88 Å². The molecule has 0 amide bonds. The molecule has 149 heavy (non-hydrogen) atoms. The van der Waals surface area contributed by atoms with Gasteiger partial charge in [-0.05, 0) is 234 Å². The van der Waals surface area contributed by atoms with Crippen LogP contribution in [-0.2, 0) is 79.5 Å². The first kappa shape index (κ1) is 120. The zero-order chi connectivity index (χ0) is 109. The van der Waals surface area contributed by atoms with Crippen molar-refractivity contribution in [3.8, 4) is 40.1 Å². The number of morpholine rings is 1. The number of hydrogen-bond acceptors (Lipinski definition) is 17. The highest BCUT2D eigenvalue weighted by Crippen LogP contribution is 2.36. The normalized spacial score (nSPS) is 13.3. The van der Waals surface area contributed by atoms with Crippen LogP contribution in [0, 0.1) is 26.0 Å². The van der Waals surface area contributed by atoms with E-state index in [-0.39, 0.29) is 60.0 Å². The van der Waals surface area contributed by atoms with E-state index in [0.29, 0.717) is 51.2 Å². The molecule has 2 fully saturated rings.